The summed E-state index contributed by atoms with van der Waals surface area (Å²) >= 11 is 18.8. The lowest BCUT2D eigenvalue weighted by Crippen LogP contribution is -2.68. The van der Waals surface area contributed by atoms with Gasteiger partial charge in [0.15, 0.2) is 61.4 Å². The van der Waals surface area contributed by atoms with Crippen LogP contribution >= 0.6 is 34.8 Å². The Bertz CT molecular complexity index is 4500. The second kappa shape index (κ2) is 37.6. The number of nitrogens with one attached hydrogen (secondary N) is 1. The van der Waals surface area contributed by atoms with Crippen LogP contribution in [0.15, 0.2) is 243 Å². The molecule has 0 unspecified atom stereocenters. The maximum absolute atomic E-state index is 14.8. The van der Waals surface area contributed by atoms with Crippen LogP contribution in [-0.2, 0) is 85.4 Å². The minimum atomic E-state index is -2.74. The highest BCUT2D eigenvalue weighted by molar-refractivity contribution is 6.76. The third kappa shape index (κ3) is 20.9. The first-order valence-corrected chi connectivity index (χ1v) is 35.1. The van der Waals surface area contributed by atoms with E-state index in [0.29, 0.717) is 0 Å². The van der Waals surface area contributed by atoms with Crippen LogP contribution in [0.5, 0.6) is 0 Å². The molecule has 11 rings (SSSR count). The highest BCUT2D eigenvalue weighted by Gasteiger charge is 2.60. The van der Waals surface area contributed by atoms with E-state index in [-0.39, 0.29) is 44.5 Å². The molecular formula is C80H68Cl3NO26. The Morgan fingerprint density at radius 3 is 0.836 bits per heavy atom. The maximum Gasteiger partial charge on any atom is 0.338 e. The van der Waals surface area contributed by atoms with E-state index in [9.17, 15) is 47.9 Å². The molecule has 8 aromatic carbocycles. The minimum absolute atomic E-state index is 0.0254. The standard InChI is InChI=1S/C80H68Cl3NO26/c1-46(85)98-59-58(45-97-76-65(107-74(93)54-39-23-9-24-40-54)62(105-72(91)52-35-19-7-20-36-52)60(103-70(89)50-31-15-5-16-32-50)56(100-76)43-95-68(87)48-27-11-3-12-28-48)102-78(110-79(84)80(81,82)83)66(99-47(2)86)64(59)109-77-67(108-75(94)55-41-25-10-26-42-55)63(106-73(92)53-37-21-8-22-38-53)61(104-71(90)51-33-17-6-18-34-51)57(101-77)44-96-69(88)49-29-13-4-14-30-49/h3-42,56-67,76-78,84H,43-45H2,1-2H3/t56-,57-,58-,59-,60-,61-,62+,63+,64+,65-,66-,67-,76+,77-,78-/m1/s1. The van der Waals surface area contributed by atoms with Crippen molar-refractivity contribution < 1.29 is 124 Å². The summed E-state index contributed by atoms with van der Waals surface area (Å²) in [6, 6.07) is 59.8. The predicted octanol–water partition coefficient (Wildman–Crippen LogP) is 10.9. The molecule has 3 fully saturated rings. The third-order valence-electron chi connectivity index (χ3n) is 16.9. The summed E-state index contributed by atoms with van der Waals surface area (Å²) in [7, 11) is 0. The molecule has 8 aromatic rings. The summed E-state index contributed by atoms with van der Waals surface area (Å²) in [5.74, 6) is -11.9. The number of alkyl halides is 3. The number of rotatable bonds is 26. The minimum Gasteiger partial charge on any atom is -0.459 e. The van der Waals surface area contributed by atoms with Gasteiger partial charge in [0.2, 0.25) is 12.2 Å². The Morgan fingerprint density at radius 2 is 0.527 bits per heavy atom. The molecule has 0 amide bonds. The van der Waals surface area contributed by atoms with Gasteiger partial charge in [0.1, 0.15) is 37.6 Å². The lowest BCUT2D eigenvalue weighted by Gasteiger charge is -2.49. The summed E-state index contributed by atoms with van der Waals surface area (Å²) < 4.78 is 98.1. The molecule has 15 atom stereocenters. The van der Waals surface area contributed by atoms with Crippen LogP contribution in [0.4, 0.5) is 0 Å². The van der Waals surface area contributed by atoms with E-state index in [4.69, 9.17) is 116 Å². The second-order valence-corrected chi connectivity index (χ2v) is 26.8. The van der Waals surface area contributed by atoms with Gasteiger partial charge in [-0.1, -0.05) is 180 Å². The average Bonchev–Trinajstić information content (AvgIpc) is 0.763. The fourth-order valence-corrected chi connectivity index (χ4v) is 11.9. The van der Waals surface area contributed by atoms with Crippen LogP contribution in [0.25, 0.3) is 0 Å². The van der Waals surface area contributed by atoms with Crippen molar-refractivity contribution in [2.75, 3.05) is 19.8 Å². The first kappa shape index (κ1) is 79.6. The van der Waals surface area contributed by atoms with E-state index in [1.165, 1.54) is 170 Å². The van der Waals surface area contributed by atoms with Gasteiger partial charge < -0.3 is 75.8 Å². The monoisotopic (exact) mass is 1560 g/mol. The van der Waals surface area contributed by atoms with Gasteiger partial charge in [-0.05, 0) is 97.1 Å². The highest BCUT2D eigenvalue weighted by atomic mass is 35.6. The van der Waals surface area contributed by atoms with Crippen LogP contribution in [0.2, 0.25) is 0 Å². The van der Waals surface area contributed by atoms with E-state index >= 15 is 0 Å². The molecule has 0 aromatic heterocycles. The Balaban J connectivity index is 1.05. The van der Waals surface area contributed by atoms with Gasteiger partial charge in [-0.15, -0.1) is 0 Å². The first-order valence-electron chi connectivity index (χ1n) is 34.0. The molecule has 3 aliphatic heterocycles. The van der Waals surface area contributed by atoms with E-state index in [1.807, 2.05) is 0 Å². The highest BCUT2D eigenvalue weighted by Crippen LogP contribution is 2.40. The molecule has 0 saturated carbocycles. The van der Waals surface area contributed by atoms with Gasteiger partial charge in [0, 0.05) is 13.8 Å². The lowest BCUT2D eigenvalue weighted by molar-refractivity contribution is -0.359. The SMILES string of the molecule is CC(=O)O[C@H]1[C@@H](OC(=N)C(Cl)(Cl)Cl)O[C@H](CO[C@H]2O[C@H](COC(=O)c3ccccc3)[C@@H](OC(=O)c3ccccc3)[C@H](OC(=O)c3ccccc3)[C@H]2OC(=O)c2ccccc2)[C@@H](OC(C)=O)[C@@H]1O[C@H]1O[C@H](COC(=O)c2ccccc2)[C@@H](OC(=O)c2ccccc2)[C@H](OC(=O)c2ccccc2)[C@H]1OC(=O)c1ccccc1. The molecule has 30 heteroatoms. The number of ether oxygens (including phenoxy) is 16. The average molecular weight is 1570 g/mol. The normalized spacial score (nSPS) is 23.5. The van der Waals surface area contributed by atoms with E-state index in [1.54, 1.807) is 72.8 Å². The summed E-state index contributed by atoms with van der Waals surface area (Å²) in [6.45, 7) is -0.932. The van der Waals surface area contributed by atoms with Gasteiger partial charge >= 0.3 is 59.7 Å². The number of hydrogen-bond acceptors (Lipinski definition) is 27. The third-order valence-corrected chi connectivity index (χ3v) is 17.4. The number of esters is 10. The Kier molecular flexibility index (Phi) is 27.2. The summed E-state index contributed by atoms with van der Waals surface area (Å²) in [6.07, 6.45) is -31.2. The van der Waals surface area contributed by atoms with Crippen molar-refractivity contribution in [2.45, 2.75) is 110 Å². The molecule has 110 heavy (non-hydrogen) atoms. The zero-order chi connectivity index (χ0) is 77.8. The van der Waals surface area contributed by atoms with E-state index in [0.717, 1.165) is 13.8 Å². The van der Waals surface area contributed by atoms with Gasteiger partial charge in [0.25, 0.3) is 3.79 Å². The predicted molar refractivity (Wildman–Crippen MR) is 384 cm³/mol. The fourth-order valence-electron chi connectivity index (χ4n) is 11.7. The van der Waals surface area contributed by atoms with E-state index < -0.39 is 181 Å². The van der Waals surface area contributed by atoms with Gasteiger partial charge in [-0.25, -0.2) is 38.4 Å². The van der Waals surface area contributed by atoms with Crippen LogP contribution in [0.1, 0.15) is 96.7 Å². The van der Waals surface area contributed by atoms with Gasteiger partial charge in [0.05, 0.1) is 51.1 Å². The first-order chi connectivity index (χ1) is 53.1. The number of hydrogen-bond donors (Lipinski definition) is 1. The number of benzene rings is 8. The van der Waals surface area contributed by atoms with Crippen molar-refractivity contribution in [1.82, 2.24) is 0 Å². The molecule has 1 N–H and O–H groups in total. The smallest absolute Gasteiger partial charge is 0.338 e. The second-order valence-electron chi connectivity index (χ2n) is 24.5. The van der Waals surface area contributed by atoms with Crippen molar-refractivity contribution in [3.8, 4) is 0 Å². The van der Waals surface area contributed by atoms with Gasteiger partial charge in [-0.2, -0.15) is 0 Å². The molecule has 0 radical (unpaired) electrons. The quantitative estimate of drug-likeness (QED) is 0.0173. The molecule has 0 aliphatic carbocycles. The maximum atomic E-state index is 14.8. The van der Waals surface area contributed by atoms with Crippen LogP contribution in [0.3, 0.4) is 0 Å². The zero-order valence-electron chi connectivity index (χ0n) is 58.1. The Hall–Kier alpha value is -11.4. The van der Waals surface area contributed by atoms with Crippen molar-refractivity contribution in [2.24, 2.45) is 0 Å². The molecule has 0 bridgehead atoms. The summed E-state index contributed by atoms with van der Waals surface area (Å²) in [5, 5.41) is 8.90. The summed E-state index contributed by atoms with van der Waals surface area (Å²) in [4.78, 5) is 143. The van der Waals surface area contributed by atoms with Crippen molar-refractivity contribution in [3.63, 3.8) is 0 Å². The zero-order valence-corrected chi connectivity index (χ0v) is 60.4. The molecular weight excluding hydrogens is 1500 g/mol. The molecule has 3 saturated heterocycles. The topological polar surface area (TPSA) is 342 Å². The fraction of sp³-hybridized carbons (Fsp3) is 0.263. The molecule has 570 valence electrons. The largest absolute Gasteiger partial charge is 0.459 e. The number of carbonyl (C=O) groups is 10. The van der Waals surface area contributed by atoms with Crippen LogP contribution in [0, 0.1) is 5.41 Å². The van der Waals surface area contributed by atoms with Crippen LogP contribution < -0.4 is 0 Å². The Labute approximate surface area is 643 Å². The Morgan fingerprint density at radius 1 is 0.291 bits per heavy atom. The summed E-state index contributed by atoms with van der Waals surface area (Å²) in [5.41, 5.74) is -0.356. The number of carbonyl (C=O) groups excluding carboxylic acids is 10. The van der Waals surface area contributed by atoms with Crippen LogP contribution in [-0.4, -0.2) is 181 Å². The molecule has 3 heterocycles. The lowest BCUT2D eigenvalue weighted by atomic mass is 9.95. The molecule has 27 nitrogen and oxygen atoms in total. The van der Waals surface area contributed by atoms with Crippen molar-refractivity contribution in [3.05, 3.63) is 287 Å². The molecule has 0 spiro atoms. The van der Waals surface area contributed by atoms with Crippen molar-refractivity contribution in [1.29, 1.82) is 5.41 Å². The van der Waals surface area contributed by atoms with Crippen molar-refractivity contribution >= 4 is 100 Å². The molecule has 3 aliphatic rings. The van der Waals surface area contributed by atoms with Gasteiger partial charge in [-0.3, -0.25) is 15.0 Å². The van der Waals surface area contributed by atoms with E-state index in [2.05, 4.69) is 0 Å². The number of halogens is 3.